The van der Waals surface area contributed by atoms with Gasteiger partial charge in [0.1, 0.15) is 18.2 Å². The van der Waals surface area contributed by atoms with Crippen molar-refractivity contribution in [2.24, 2.45) is 0 Å². The first kappa shape index (κ1) is 44.6. The lowest BCUT2D eigenvalue weighted by molar-refractivity contribution is -0.136. The summed E-state index contributed by atoms with van der Waals surface area (Å²) in [5, 5.41) is 22.9. The Hall–Kier alpha value is -5.45. The molecule has 2 fully saturated rings. The minimum absolute atomic E-state index is 0.0190. The molecule has 17 heteroatoms. The number of benzene rings is 2. The first-order valence-corrected chi connectivity index (χ1v) is 22.3. The minimum atomic E-state index is -0.999. The highest BCUT2D eigenvalue weighted by atomic mass is 35.5. The van der Waals surface area contributed by atoms with Crippen LogP contribution in [0.15, 0.2) is 48.8 Å². The molecule has 0 saturated carbocycles. The van der Waals surface area contributed by atoms with Crippen molar-refractivity contribution in [1.29, 1.82) is 0 Å². The summed E-state index contributed by atoms with van der Waals surface area (Å²) in [5.74, 6) is -1.54. The predicted octanol–water partition coefficient (Wildman–Crippen LogP) is 4.05. The second-order valence-electron chi connectivity index (χ2n) is 16.6. The summed E-state index contributed by atoms with van der Waals surface area (Å²) in [6.07, 6.45) is 7.78. The maximum absolute atomic E-state index is 14.0. The zero-order valence-corrected chi connectivity index (χ0v) is 35.9. The summed E-state index contributed by atoms with van der Waals surface area (Å²) in [6.45, 7) is 6.44. The van der Waals surface area contributed by atoms with Crippen LogP contribution in [0.25, 0.3) is 0 Å². The minimum Gasteiger partial charge on any atom is -0.387 e. The number of rotatable bonds is 19. The summed E-state index contributed by atoms with van der Waals surface area (Å²) in [6, 6.07) is 11.4. The highest BCUT2D eigenvalue weighted by Gasteiger charge is 2.45. The second kappa shape index (κ2) is 20.6. The van der Waals surface area contributed by atoms with Gasteiger partial charge in [-0.1, -0.05) is 62.4 Å². The molecule has 0 spiro atoms. The molecule has 6 amide bonds. The molecule has 4 atom stereocenters. The average Bonchev–Trinajstić information content (AvgIpc) is 3.71. The second-order valence-corrected chi connectivity index (χ2v) is 17.0. The van der Waals surface area contributed by atoms with Crippen LogP contribution in [0.5, 0.6) is 0 Å². The Balaban J connectivity index is 0.766. The summed E-state index contributed by atoms with van der Waals surface area (Å²) < 4.78 is 0. The molecule has 3 aromatic rings. The first-order valence-electron chi connectivity index (χ1n) is 21.9. The largest absolute Gasteiger partial charge is 0.387 e. The van der Waals surface area contributed by atoms with Crippen molar-refractivity contribution in [3.05, 3.63) is 81.8 Å². The number of amides is 6. The molecule has 2 saturated heterocycles. The molecule has 4 aliphatic rings. The fourth-order valence-corrected chi connectivity index (χ4v) is 9.09. The number of unbranched alkanes of at least 4 members (excludes halogenated alkanes) is 5. The topological polar surface area (TPSA) is 206 Å². The lowest BCUT2D eigenvalue weighted by atomic mass is 9.97. The van der Waals surface area contributed by atoms with Gasteiger partial charge in [0.05, 0.1) is 28.8 Å². The average molecular weight is 870 g/mol. The third kappa shape index (κ3) is 10.2. The Labute approximate surface area is 366 Å². The molecule has 1 aliphatic carbocycles. The van der Waals surface area contributed by atoms with Gasteiger partial charge in [0, 0.05) is 81.5 Å². The normalized spacial score (nSPS) is 20.2. The molecule has 2 unspecified atom stereocenters. The number of nitrogens with one attached hydrogen (secondary N) is 4. The molecule has 7 rings (SSSR count). The van der Waals surface area contributed by atoms with Gasteiger partial charge in [-0.15, -0.1) is 0 Å². The Bertz CT molecular complexity index is 2150. The molecule has 3 aliphatic heterocycles. The third-order valence-corrected chi connectivity index (χ3v) is 12.6. The van der Waals surface area contributed by atoms with Crippen LogP contribution in [-0.2, 0) is 19.2 Å². The number of hydrogen-bond donors (Lipinski definition) is 5. The summed E-state index contributed by atoms with van der Waals surface area (Å²) in [4.78, 5) is 91.0. The van der Waals surface area contributed by atoms with E-state index in [2.05, 4.69) is 43.1 Å². The highest BCUT2D eigenvalue weighted by molar-refractivity contribution is 6.30. The van der Waals surface area contributed by atoms with Gasteiger partial charge >= 0.3 is 0 Å². The van der Waals surface area contributed by atoms with E-state index in [-0.39, 0.29) is 41.7 Å². The Kier molecular flexibility index (Phi) is 14.8. The molecule has 0 radical (unpaired) electrons. The number of aliphatic hydroxyl groups is 1. The van der Waals surface area contributed by atoms with Crippen molar-refractivity contribution in [3.8, 4) is 0 Å². The van der Waals surface area contributed by atoms with E-state index in [1.165, 1.54) is 6.33 Å². The number of aliphatic hydroxyl groups excluding tert-OH is 1. The van der Waals surface area contributed by atoms with Crippen molar-refractivity contribution in [2.45, 2.75) is 95.1 Å². The number of hydrogen-bond acceptors (Lipinski definition) is 12. The number of piperazine rings is 1. The van der Waals surface area contributed by atoms with Crippen LogP contribution in [0.4, 0.5) is 11.5 Å². The number of halogens is 1. The zero-order chi connectivity index (χ0) is 43.8. The van der Waals surface area contributed by atoms with Gasteiger partial charge in [-0.2, -0.15) is 0 Å². The summed E-state index contributed by atoms with van der Waals surface area (Å²) >= 11 is 6.18. The number of carbonyl (C=O) groups is 6. The fraction of sp³-hybridized carbons (Fsp3) is 0.511. The maximum atomic E-state index is 14.0. The molecule has 4 heterocycles. The van der Waals surface area contributed by atoms with Gasteiger partial charge < -0.3 is 30.9 Å². The van der Waals surface area contributed by atoms with E-state index in [0.29, 0.717) is 81.6 Å². The van der Waals surface area contributed by atoms with Gasteiger partial charge in [0.2, 0.25) is 23.6 Å². The lowest BCUT2D eigenvalue weighted by Crippen LogP contribution is -2.54. The van der Waals surface area contributed by atoms with Crippen molar-refractivity contribution >= 4 is 58.5 Å². The van der Waals surface area contributed by atoms with Crippen molar-refractivity contribution < 1.29 is 33.9 Å². The number of imide groups is 2. The van der Waals surface area contributed by atoms with E-state index in [4.69, 9.17) is 11.6 Å². The SMILES string of the molecule is C[C@@H]1C[C@@H](O)c2ncnc(N3CCN(C(=O)C(CNCCC(=O)NCCCCCCCCNc4cccc5c4C(=O)N(C4CCC(=O)NC4=O)C5=O)c4ccc(Cl)cc4)CC3)c21. The molecule has 1 aromatic heterocycles. The highest BCUT2D eigenvalue weighted by Crippen LogP contribution is 2.43. The van der Waals surface area contributed by atoms with Crippen LogP contribution in [0.3, 0.4) is 0 Å². The van der Waals surface area contributed by atoms with E-state index < -0.39 is 41.7 Å². The molecule has 16 nitrogen and oxygen atoms in total. The van der Waals surface area contributed by atoms with Crippen LogP contribution >= 0.6 is 11.6 Å². The van der Waals surface area contributed by atoms with Crippen LogP contribution in [0.2, 0.25) is 5.02 Å². The van der Waals surface area contributed by atoms with Gasteiger partial charge in [-0.3, -0.25) is 39.0 Å². The van der Waals surface area contributed by atoms with E-state index in [1.54, 1.807) is 30.3 Å². The Morgan fingerprint density at radius 3 is 2.37 bits per heavy atom. The fourth-order valence-electron chi connectivity index (χ4n) is 8.96. The van der Waals surface area contributed by atoms with E-state index >= 15 is 0 Å². The van der Waals surface area contributed by atoms with Gasteiger partial charge in [0.25, 0.3) is 11.8 Å². The lowest BCUT2D eigenvalue weighted by Gasteiger charge is -2.38. The van der Waals surface area contributed by atoms with Crippen LogP contribution < -0.4 is 26.2 Å². The van der Waals surface area contributed by atoms with E-state index in [1.807, 2.05) is 17.0 Å². The molecule has 2 aromatic carbocycles. The van der Waals surface area contributed by atoms with Crippen molar-refractivity contribution in [2.75, 3.05) is 62.6 Å². The number of aromatic nitrogens is 2. The molecule has 62 heavy (non-hydrogen) atoms. The van der Waals surface area contributed by atoms with Gasteiger partial charge in [-0.25, -0.2) is 9.97 Å². The molecular weight excluding hydrogens is 814 g/mol. The van der Waals surface area contributed by atoms with E-state index in [9.17, 15) is 33.9 Å². The maximum Gasteiger partial charge on any atom is 0.264 e. The first-order chi connectivity index (χ1) is 30.0. The van der Waals surface area contributed by atoms with E-state index in [0.717, 1.165) is 60.4 Å². The number of piperidine rings is 1. The summed E-state index contributed by atoms with van der Waals surface area (Å²) in [5.41, 5.74) is 3.65. The van der Waals surface area contributed by atoms with Crippen LogP contribution in [0.1, 0.15) is 127 Å². The standard InChI is InChI=1S/C45H56ClN9O7/c1-28-25-35(56)40-38(28)41(51-27-50-40)53-21-23-54(24-22-53)43(60)32(29-11-13-30(46)14-12-29)26-47-20-17-36(57)49-19-7-5-3-2-4-6-18-48-33-10-8-9-31-39(33)45(62)55(44(31)61)34-15-16-37(58)52-42(34)59/h8-14,27-28,32,34-35,47-48,56H,2-7,15-26H2,1H3,(H,49,57)(H,52,58,59)/t28-,32?,34?,35-/m1/s1. The smallest absolute Gasteiger partial charge is 0.264 e. The van der Waals surface area contributed by atoms with Gasteiger partial charge in [0.15, 0.2) is 0 Å². The number of anilines is 2. The van der Waals surface area contributed by atoms with Gasteiger partial charge in [-0.05, 0) is 61.4 Å². The van der Waals surface area contributed by atoms with Crippen LogP contribution in [-0.4, -0.2) is 119 Å². The zero-order valence-electron chi connectivity index (χ0n) is 35.2. The Morgan fingerprint density at radius 1 is 0.903 bits per heavy atom. The third-order valence-electron chi connectivity index (χ3n) is 12.3. The van der Waals surface area contributed by atoms with Crippen molar-refractivity contribution in [1.82, 2.24) is 35.7 Å². The molecule has 330 valence electrons. The quantitative estimate of drug-likeness (QED) is 0.0855. The number of fused-ring (bicyclic) bond motifs is 2. The molecule has 5 N–H and O–H groups in total. The summed E-state index contributed by atoms with van der Waals surface area (Å²) in [7, 11) is 0. The molecule has 0 bridgehead atoms. The predicted molar refractivity (Wildman–Crippen MR) is 233 cm³/mol. The number of carbonyl (C=O) groups excluding carboxylic acids is 6. The monoisotopic (exact) mass is 869 g/mol. The Morgan fingerprint density at radius 2 is 1.63 bits per heavy atom. The molecular formula is C45H56ClN9O7. The van der Waals surface area contributed by atoms with Crippen molar-refractivity contribution in [3.63, 3.8) is 0 Å². The van der Waals surface area contributed by atoms with Crippen LogP contribution in [0, 0.1) is 0 Å². The number of nitrogens with zero attached hydrogens (tertiary/aromatic N) is 5.